The van der Waals surface area contributed by atoms with Crippen LogP contribution in [0.1, 0.15) is 23.1 Å². The Balaban J connectivity index is 1.61. The lowest BCUT2D eigenvalue weighted by Crippen LogP contribution is -2.41. The van der Waals surface area contributed by atoms with Crippen LogP contribution in [0.15, 0.2) is 53.1 Å². The molecule has 1 atom stereocenters. The summed E-state index contributed by atoms with van der Waals surface area (Å²) < 4.78 is 29.7. The fourth-order valence-corrected chi connectivity index (χ4v) is 5.81. The Morgan fingerprint density at radius 1 is 1.24 bits per heavy atom. The summed E-state index contributed by atoms with van der Waals surface area (Å²) in [7, 11) is -3.11. The maximum atomic E-state index is 13.3. The molecule has 0 aliphatic carbocycles. The van der Waals surface area contributed by atoms with Gasteiger partial charge in [-0.05, 0) is 42.7 Å². The van der Waals surface area contributed by atoms with Gasteiger partial charge in [-0.3, -0.25) is 4.79 Å². The van der Waals surface area contributed by atoms with Crippen molar-refractivity contribution in [1.82, 2.24) is 4.90 Å². The monoisotopic (exact) mass is 431 g/mol. The van der Waals surface area contributed by atoms with Gasteiger partial charge in [0.1, 0.15) is 5.58 Å². The highest BCUT2D eigenvalue weighted by atomic mass is 35.5. The molecule has 0 bridgehead atoms. The number of amides is 1. The van der Waals surface area contributed by atoms with Gasteiger partial charge >= 0.3 is 0 Å². The minimum atomic E-state index is -3.11. The second-order valence-electron chi connectivity index (χ2n) is 7.65. The molecule has 2 heterocycles. The van der Waals surface area contributed by atoms with E-state index in [1.807, 2.05) is 37.3 Å². The zero-order valence-electron chi connectivity index (χ0n) is 16.1. The number of hydrogen-bond donors (Lipinski definition) is 0. The van der Waals surface area contributed by atoms with Gasteiger partial charge in [0.05, 0.1) is 24.2 Å². The molecular weight excluding hydrogens is 410 g/mol. The van der Waals surface area contributed by atoms with E-state index in [4.69, 9.17) is 16.0 Å². The summed E-state index contributed by atoms with van der Waals surface area (Å²) in [5.41, 5.74) is 3.52. The Bertz CT molecular complexity index is 1170. The molecule has 0 radical (unpaired) electrons. The average Bonchev–Trinajstić information content (AvgIpc) is 3.22. The van der Waals surface area contributed by atoms with Crippen molar-refractivity contribution in [1.29, 1.82) is 0 Å². The van der Waals surface area contributed by atoms with Crippen molar-refractivity contribution in [2.75, 3.05) is 11.5 Å². The molecule has 1 saturated heterocycles. The zero-order valence-corrected chi connectivity index (χ0v) is 17.7. The molecular formula is C22H22ClNO4S. The number of nitrogens with zero attached hydrogens (tertiary/aromatic N) is 1. The lowest BCUT2D eigenvalue weighted by Gasteiger charge is -2.28. The number of rotatable bonds is 5. The lowest BCUT2D eigenvalue weighted by molar-refractivity contribution is -0.133. The molecule has 1 amide bonds. The van der Waals surface area contributed by atoms with Gasteiger partial charge in [0, 0.05) is 28.6 Å². The molecule has 1 fully saturated rings. The van der Waals surface area contributed by atoms with Gasteiger partial charge in [-0.15, -0.1) is 0 Å². The predicted octanol–water partition coefficient (Wildman–Crippen LogP) is 4.15. The van der Waals surface area contributed by atoms with Crippen molar-refractivity contribution < 1.29 is 17.6 Å². The van der Waals surface area contributed by atoms with E-state index < -0.39 is 9.84 Å². The molecule has 3 aromatic rings. The Morgan fingerprint density at radius 2 is 2.07 bits per heavy atom. The van der Waals surface area contributed by atoms with Crippen molar-refractivity contribution in [3.63, 3.8) is 0 Å². The third-order valence-electron chi connectivity index (χ3n) is 5.36. The minimum absolute atomic E-state index is 0.00460. The molecule has 5 nitrogen and oxygen atoms in total. The summed E-state index contributed by atoms with van der Waals surface area (Å²) >= 11 is 6.09. The maximum Gasteiger partial charge on any atom is 0.227 e. The fraction of sp³-hybridized carbons (Fsp3) is 0.318. The highest BCUT2D eigenvalue weighted by molar-refractivity contribution is 7.91. The molecule has 0 spiro atoms. The summed E-state index contributed by atoms with van der Waals surface area (Å²) in [5.74, 6) is 0.00516. The number of benzene rings is 2. The van der Waals surface area contributed by atoms with Crippen LogP contribution in [-0.4, -0.2) is 36.8 Å². The minimum Gasteiger partial charge on any atom is -0.464 e. The third-order valence-corrected chi connectivity index (χ3v) is 7.35. The third kappa shape index (κ3) is 4.49. The molecule has 0 saturated carbocycles. The predicted molar refractivity (Wildman–Crippen MR) is 114 cm³/mol. The first-order valence-corrected chi connectivity index (χ1v) is 11.7. The fourth-order valence-electron chi connectivity index (χ4n) is 3.87. The van der Waals surface area contributed by atoms with Crippen LogP contribution in [0, 0.1) is 6.92 Å². The Morgan fingerprint density at radius 3 is 2.79 bits per heavy atom. The molecule has 7 heteroatoms. The van der Waals surface area contributed by atoms with E-state index >= 15 is 0 Å². The number of sulfone groups is 1. The topological polar surface area (TPSA) is 67.6 Å². The van der Waals surface area contributed by atoms with E-state index in [0.717, 1.165) is 27.7 Å². The molecule has 1 aliphatic rings. The largest absolute Gasteiger partial charge is 0.464 e. The van der Waals surface area contributed by atoms with Crippen molar-refractivity contribution >= 4 is 38.3 Å². The first kappa shape index (κ1) is 20.0. The Hall–Kier alpha value is -2.31. The number of fused-ring (bicyclic) bond motifs is 1. The van der Waals surface area contributed by atoms with Crippen LogP contribution in [-0.2, 0) is 27.6 Å². The van der Waals surface area contributed by atoms with Gasteiger partial charge in [-0.25, -0.2) is 8.42 Å². The number of carbonyl (C=O) groups is 1. The number of aryl methyl sites for hydroxylation is 1. The highest BCUT2D eigenvalue weighted by Gasteiger charge is 2.34. The second kappa shape index (κ2) is 7.84. The molecule has 0 N–H and O–H groups in total. The molecule has 4 rings (SSSR count). The zero-order chi connectivity index (χ0) is 20.6. The van der Waals surface area contributed by atoms with Crippen molar-refractivity contribution in [3.05, 3.63) is 70.4 Å². The van der Waals surface area contributed by atoms with Gasteiger partial charge in [0.15, 0.2) is 9.84 Å². The quantitative estimate of drug-likeness (QED) is 0.608. The van der Waals surface area contributed by atoms with Crippen LogP contribution in [0.5, 0.6) is 0 Å². The molecule has 152 valence electrons. The molecule has 1 aromatic heterocycles. The number of carbonyl (C=O) groups excluding carboxylic acids is 1. The van der Waals surface area contributed by atoms with E-state index in [1.165, 1.54) is 0 Å². The maximum absolute atomic E-state index is 13.3. The highest BCUT2D eigenvalue weighted by Crippen LogP contribution is 2.26. The normalized spacial score (nSPS) is 18.2. The standard InChI is InChI=1S/C22H22ClNO4S/c1-15-5-6-20-17(13-28-21(20)9-15)11-22(25)24(19-7-8-29(26,27)14-19)12-16-3-2-4-18(23)10-16/h2-6,9-10,13,19H,7-8,11-12,14H2,1H3/t19-/m1/s1. The molecule has 0 unspecified atom stereocenters. The first-order chi connectivity index (χ1) is 13.8. The van der Waals surface area contributed by atoms with Crippen LogP contribution in [0.4, 0.5) is 0 Å². The summed E-state index contributed by atoms with van der Waals surface area (Å²) in [5, 5.41) is 1.50. The van der Waals surface area contributed by atoms with E-state index in [0.29, 0.717) is 18.0 Å². The van der Waals surface area contributed by atoms with Crippen LogP contribution in [0.3, 0.4) is 0 Å². The number of hydrogen-bond acceptors (Lipinski definition) is 4. The molecule has 2 aromatic carbocycles. The van der Waals surface area contributed by atoms with Gasteiger partial charge < -0.3 is 9.32 Å². The van der Waals surface area contributed by atoms with Crippen LogP contribution < -0.4 is 0 Å². The van der Waals surface area contributed by atoms with E-state index in [1.54, 1.807) is 23.3 Å². The SMILES string of the molecule is Cc1ccc2c(CC(=O)N(Cc3cccc(Cl)c3)[C@@H]3CCS(=O)(=O)C3)coc2c1. The summed E-state index contributed by atoms with van der Waals surface area (Å²) in [6.45, 7) is 2.31. The first-order valence-electron chi connectivity index (χ1n) is 9.52. The Labute approximate surface area is 175 Å². The summed E-state index contributed by atoms with van der Waals surface area (Å²) in [6, 6.07) is 12.9. The van der Waals surface area contributed by atoms with Gasteiger partial charge in [-0.1, -0.05) is 35.9 Å². The number of furan rings is 1. The van der Waals surface area contributed by atoms with E-state index in [-0.39, 0.29) is 29.9 Å². The lowest BCUT2D eigenvalue weighted by atomic mass is 10.1. The Kier molecular flexibility index (Phi) is 5.40. The average molecular weight is 432 g/mol. The van der Waals surface area contributed by atoms with E-state index in [9.17, 15) is 13.2 Å². The summed E-state index contributed by atoms with van der Waals surface area (Å²) in [6.07, 6.45) is 2.23. The number of halogens is 1. The molecule has 1 aliphatic heterocycles. The van der Waals surface area contributed by atoms with E-state index in [2.05, 4.69) is 0 Å². The van der Waals surface area contributed by atoms with Crippen molar-refractivity contribution in [2.45, 2.75) is 32.4 Å². The van der Waals surface area contributed by atoms with Gasteiger partial charge in [0.25, 0.3) is 0 Å². The van der Waals surface area contributed by atoms with Gasteiger partial charge in [0.2, 0.25) is 5.91 Å². The van der Waals surface area contributed by atoms with Crippen LogP contribution in [0.2, 0.25) is 5.02 Å². The smallest absolute Gasteiger partial charge is 0.227 e. The van der Waals surface area contributed by atoms with Crippen molar-refractivity contribution in [2.24, 2.45) is 0 Å². The molecule has 29 heavy (non-hydrogen) atoms. The van der Waals surface area contributed by atoms with Crippen LogP contribution >= 0.6 is 11.6 Å². The van der Waals surface area contributed by atoms with Crippen molar-refractivity contribution in [3.8, 4) is 0 Å². The summed E-state index contributed by atoms with van der Waals surface area (Å²) in [4.78, 5) is 14.9. The second-order valence-corrected chi connectivity index (χ2v) is 10.3. The van der Waals surface area contributed by atoms with Crippen LogP contribution in [0.25, 0.3) is 11.0 Å². The van der Waals surface area contributed by atoms with Gasteiger partial charge in [-0.2, -0.15) is 0 Å².